The maximum atomic E-state index is 10.8. The van der Waals surface area contributed by atoms with Crippen LogP contribution >= 0.6 is 0 Å². The van der Waals surface area contributed by atoms with Crippen molar-refractivity contribution in [3.05, 3.63) is 29.8 Å². The molecule has 0 aliphatic heterocycles. The third-order valence-corrected chi connectivity index (χ3v) is 3.07. The second kappa shape index (κ2) is 8.53. The van der Waals surface area contributed by atoms with Gasteiger partial charge >= 0.3 is 5.97 Å². The van der Waals surface area contributed by atoms with Gasteiger partial charge in [0.2, 0.25) is 0 Å². The van der Waals surface area contributed by atoms with Crippen LogP contribution in [-0.4, -0.2) is 29.4 Å². The van der Waals surface area contributed by atoms with Crippen LogP contribution in [0.15, 0.2) is 24.3 Å². The number of benzene rings is 1. The van der Waals surface area contributed by atoms with E-state index in [1.165, 1.54) is 0 Å². The Morgan fingerprint density at radius 3 is 2.37 bits per heavy atom. The molecule has 0 saturated heterocycles. The molecule has 0 spiro atoms. The van der Waals surface area contributed by atoms with Crippen LogP contribution in [0.5, 0.6) is 5.75 Å². The first-order valence-electron chi connectivity index (χ1n) is 6.71. The van der Waals surface area contributed by atoms with E-state index in [0.717, 1.165) is 37.0 Å². The zero-order valence-corrected chi connectivity index (χ0v) is 11.3. The summed E-state index contributed by atoms with van der Waals surface area (Å²) in [7, 11) is 0. The lowest BCUT2D eigenvalue weighted by Gasteiger charge is -2.09. The van der Waals surface area contributed by atoms with Crippen molar-refractivity contribution < 1.29 is 19.7 Å². The molecule has 0 aromatic heterocycles. The molecule has 1 aromatic rings. The molecule has 2 N–H and O–H groups in total. The van der Waals surface area contributed by atoms with Crippen LogP contribution in [0.25, 0.3) is 0 Å². The molecule has 0 aliphatic carbocycles. The average molecular weight is 266 g/mol. The van der Waals surface area contributed by atoms with Gasteiger partial charge in [-0.25, -0.2) is 0 Å². The highest BCUT2D eigenvalue weighted by atomic mass is 16.5. The number of aliphatic hydroxyl groups excluding tert-OH is 1. The Balaban J connectivity index is 2.30. The fourth-order valence-electron chi connectivity index (χ4n) is 1.75. The molecule has 19 heavy (non-hydrogen) atoms. The minimum Gasteiger partial charge on any atom is -0.494 e. The van der Waals surface area contributed by atoms with Gasteiger partial charge in [-0.2, -0.15) is 0 Å². The number of ether oxygens (including phenoxy) is 1. The van der Waals surface area contributed by atoms with Crippen molar-refractivity contribution in [3.8, 4) is 5.75 Å². The number of unbranched alkanes of at least 4 members (excludes halogenated alkanes) is 3. The van der Waals surface area contributed by atoms with Crippen molar-refractivity contribution in [2.45, 2.75) is 38.5 Å². The van der Waals surface area contributed by atoms with E-state index in [1.807, 2.05) is 12.1 Å². The summed E-state index contributed by atoms with van der Waals surface area (Å²) in [5.74, 6) is -0.548. The third kappa shape index (κ3) is 5.75. The van der Waals surface area contributed by atoms with E-state index in [0.29, 0.717) is 6.61 Å². The van der Waals surface area contributed by atoms with Crippen LogP contribution in [0.2, 0.25) is 0 Å². The van der Waals surface area contributed by atoms with Gasteiger partial charge in [0, 0.05) is 6.61 Å². The highest BCUT2D eigenvalue weighted by molar-refractivity contribution is 5.75. The Bertz CT molecular complexity index is 372. The Morgan fingerprint density at radius 1 is 1.16 bits per heavy atom. The summed E-state index contributed by atoms with van der Waals surface area (Å²) in [5, 5.41) is 17.5. The topological polar surface area (TPSA) is 66.8 Å². The molecule has 0 radical (unpaired) electrons. The van der Waals surface area contributed by atoms with Crippen LogP contribution < -0.4 is 4.74 Å². The predicted molar refractivity (Wildman–Crippen MR) is 73.5 cm³/mol. The van der Waals surface area contributed by atoms with Gasteiger partial charge in [-0.15, -0.1) is 0 Å². The fourth-order valence-corrected chi connectivity index (χ4v) is 1.75. The largest absolute Gasteiger partial charge is 0.494 e. The third-order valence-electron chi connectivity index (χ3n) is 3.07. The van der Waals surface area contributed by atoms with Gasteiger partial charge < -0.3 is 14.9 Å². The lowest BCUT2D eigenvalue weighted by molar-refractivity contribution is -0.138. The maximum absolute atomic E-state index is 10.8. The van der Waals surface area contributed by atoms with Crippen molar-refractivity contribution in [2.75, 3.05) is 13.2 Å². The van der Waals surface area contributed by atoms with Gasteiger partial charge in [-0.05, 0) is 43.9 Å². The van der Waals surface area contributed by atoms with Gasteiger partial charge in [0.1, 0.15) is 5.75 Å². The fraction of sp³-hybridized carbons (Fsp3) is 0.533. The quantitative estimate of drug-likeness (QED) is 0.674. The Kier molecular flexibility index (Phi) is 6.97. The normalized spacial score (nSPS) is 12.1. The standard InChI is InChI=1S/C15H22O4/c1-12(15(17)18)13-6-8-14(9-7-13)19-11-5-3-2-4-10-16/h6-9,12,16H,2-5,10-11H2,1H3,(H,17,18). The summed E-state index contributed by atoms with van der Waals surface area (Å²) in [6.07, 6.45) is 3.89. The van der Waals surface area contributed by atoms with Crippen LogP contribution in [0.3, 0.4) is 0 Å². The van der Waals surface area contributed by atoms with E-state index in [-0.39, 0.29) is 6.61 Å². The zero-order chi connectivity index (χ0) is 14.1. The van der Waals surface area contributed by atoms with E-state index >= 15 is 0 Å². The summed E-state index contributed by atoms with van der Waals surface area (Å²) < 4.78 is 5.57. The average Bonchev–Trinajstić information content (AvgIpc) is 2.42. The molecule has 0 heterocycles. The second-order valence-corrected chi connectivity index (χ2v) is 4.62. The summed E-state index contributed by atoms with van der Waals surface area (Å²) in [6.45, 7) is 2.57. The van der Waals surface area contributed by atoms with Gasteiger partial charge in [-0.3, -0.25) is 4.79 Å². The molecule has 0 saturated carbocycles. The van der Waals surface area contributed by atoms with Crippen molar-refractivity contribution in [3.63, 3.8) is 0 Å². The van der Waals surface area contributed by atoms with E-state index in [2.05, 4.69) is 0 Å². The summed E-state index contributed by atoms with van der Waals surface area (Å²) in [4.78, 5) is 10.8. The zero-order valence-electron chi connectivity index (χ0n) is 11.3. The Labute approximate surface area is 114 Å². The first-order chi connectivity index (χ1) is 9.15. The van der Waals surface area contributed by atoms with Crippen LogP contribution in [0, 0.1) is 0 Å². The van der Waals surface area contributed by atoms with E-state index in [9.17, 15) is 4.79 Å². The lowest BCUT2D eigenvalue weighted by atomic mass is 10.0. The molecular weight excluding hydrogens is 244 g/mol. The SMILES string of the molecule is CC(C(=O)O)c1ccc(OCCCCCCO)cc1. The number of hydrogen-bond donors (Lipinski definition) is 2. The summed E-state index contributed by atoms with van der Waals surface area (Å²) in [5.41, 5.74) is 0.780. The number of aliphatic carboxylic acids is 1. The molecule has 1 unspecified atom stereocenters. The van der Waals surface area contributed by atoms with Crippen LogP contribution in [0.1, 0.15) is 44.1 Å². The summed E-state index contributed by atoms with van der Waals surface area (Å²) in [6, 6.07) is 7.20. The molecule has 4 heteroatoms. The minimum atomic E-state index is -0.822. The monoisotopic (exact) mass is 266 g/mol. The molecule has 0 amide bonds. The lowest BCUT2D eigenvalue weighted by Crippen LogP contribution is -2.07. The van der Waals surface area contributed by atoms with Crippen molar-refractivity contribution >= 4 is 5.97 Å². The maximum Gasteiger partial charge on any atom is 0.310 e. The molecule has 4 nitrogen and oxygen atoms in total. The second-order valence-electron chi connectivity index (χ2n) is 4.62. The van der Waals surface area contributed by atoms with Crippen molar-refractivity contribution in [1.82, 2.24) is 0 Å². The van der Waals surface area contributed by atoms with E-state index in [4.69, 9.17) is 14.9 Å². The highest BCUT2D eigenvalue weighted by Crippen LogP contribution is 2.19. The molecule has 1 atom stereocenters. The molecule has 106 valence electrons. The number of aliphatic hydroxyl groups is 1. The first-order valence-corrected chi connectivity index (χ1v) is 6.71. The van der Waals surface area contributed by atoms with Gasteiger partial charge in [0.25, 0.3) is 0 Å². The minimum absolute atomic E-state index is 0.254. The smallest absolute Gasteiger partial charge is 0.310 e. The highest BCUT2D eigenvalue weighted by Gasteiger charge is 2.12. The molecule has 0 bridgehead atoms. The van der Waals surface area contributed by atoms with E-state index < -0.39 is 11.9 Å². The van der Waals surface area contributed by atoms with Gasteiger partial charge in [-0.1, -0.05) is 18.6 Å². The van der Waals surface area contributed by atoms with Crippen LogP contribution in [0.4, 0.5) is 0 Å². The Hall–Kier alpha value is -1.55. The van der Waals surface area contributed by atoms with Gasteiger partial charge in [0.05, 0.1) is 12.5 Å². The number of carboxylic acids is 1. The first kappa shape index (κ1) is 15.5. The number of carbonyl (C=O) groups is 1. The van der Waals surface area contributed by atoms with E-state index in [1.54, 1.807) is 19.1 Å². The molecule has 1 rings (SSSR count). The predicted octanol–water partition coefficient (Wildman–Crippen LogP) is 2.81. The summed E-state index contributed by atoms with van der Waals surface area (Å²) >= 11 is 0. The van der Waals surface area contributed by atoms with Crippen LogP contribution in [-0.2, 0) is 4.79 Å². The molecule has 1 aromatic carbocycles. The van der Waals surface area contributed by atoms with Gasteiger partial charge in [0.15, 0.2) is 0 Å². The Morgan fingerprint density at radius 2 is 1.79 bits per heavy atom. The number of rotatable bonds is 9. The molecular formula is C15H22O4. The van der Waals surface area contributed by atoms with Crippen molar-refractivity contribution in [2.24, 2.45) is 0 Å². The molecule has 0 aliphatic rings. The number of carboxylic acid groups (broad SMARTS) is 1. The molecule has 0 fully saturated rings. The number of hydrogen-bond acceptors (Lipinski definition) is 3. The van der Waals surface area contributed by atoms with Crippen molar-refractivity contribution in [1.29, 1.82) is 0 Å².